The number of benzene rings is 2. The molecule has 3 nitrogen and oxygen atoms in total. The van der Waals surface area contributed by atoms with Crippen LogP contribution >= 0.6 is 0 Å². The van der Waals surface area contributed by atoms with Gasteiger partial charge in [-0.2, -0.15) is 0 Å². The lowest BCUT2D eigenvalue weighted by Crippen LogP contribution is -2.67. The van der Waals surface area contributed by atoms with Crippen molar-refractivity contribution in [3.63, 3.8) is 0 Å². The van der Waals surface area contributed by atoms with E-state index >= 15 is 0 Å². The van der Waals surface area contributed by atoms with Crippen molar-refractivity contribution in [2.75, 3.05) is 13.1 Å². The fourth-order valence-electron chi connectivity index (χ4n) is 4.79. The monoisotopic (exact) mass is 512 g/mol. The highest BCUT2D eigenvalue weighted by molar-refractivity contribution is 7.05. The van der Waals surface area contributed by atoms with Crippen LogP contribution in [0.25, 0.3) is 0 Å². The predicted octanol–water partition coefficient (Wildman–Crippen LogP) is 3.17. The van der Waals surface area contributed by atoms with Gasteiger partial charge in [0.05, 0.1) is 0 Å². The van der Waals surface area contributed by atoms with Crippen molar-refractivity contribution in [3.05, 3.63) is 72.1 Å². The molecule has 0 spiro atoms. The molecule has 0 heterocycles. The van der Waals surface area contributed by atoms with Crippen LogP contribution in [0.3, 0.4) is 0 Å². The molecule has 7 heteroatoms. The van der Waals surface area contributed by atoms with E-state index in [1.165, 1.54) is 20.7 Å². The van der Waals surface area contributed by atoms with Crippen molar-refractivity contribution in [1.82, 2.24) is 0 Å². The second-order valence-corrected chi connectivity index (χ2v) is 27.5. The molecule has 0 aliphatic rings. The van der Waals surface area contributed by atoms with Crippen LogP contribution in [0, 0.1) is 0 Å². The van der Waals surface area contributed by atoms with E-state index < -0.39 is 32.8 Å². The zero-order valence-corrected chi connectivity index (χ0v) is 25.9. The minimum Gasteiger partial charge on any atom is -0.449 e. The summed E-state index contributed by atoms with van der Waals surface area (Å²) in [7, 11) is -7.92. The third-order valence-corrected chi connectivity index (χ3v) is 20.2. The number of nitrogens with two attached hydrogens (primary N) is 2. The smallest absolute Gasteiger partial charge is 0.206 e. The molecule has 0 saturated heterocycles. The van der Waals surface area contributed by atoms with E-state index in [1.807, 2.05) is 0 Å². The molecule has 2 aromatic rings. The Kier molecular flexibility index (Phi) is 9.25. The van der Waals surface area contributed by atoms with E-state index in [-0.39, 0.29) is 0 Å². The molecule has 0 aliphatic heterocycles. The summed E-state index contributed by atoms with van der Waals surface area (Å²) in [5.41, 5.74) is 16.3. The molecule has 180 valence electrons. The Morgan fingerprint density at radius 2 is 0.879 bits per heavy atom. The summed E-state index contributed by atoms with van der Waals surface area (Å²) in [6.45, 7) is 20.3. The van der Waals surface area contributed by atoms with Crippen molar-refractivity contribution in [1.29, 1.82) is 0 Å². The molecule has 4 N–H and O–H groups in total. The molecule has 33 heavy (non-hydrogen) atoms. The van der Waals surface area contributed by atoms with Crippen molar-refractivity contribution >= 4 is 53.5 Å². The van der Waals surface area contributed by atoms with Crippen molar-refractivity contribution in [2.45, 2.75) is 52.4 Å². The Morgan fingerprint density at radius 1 is 0.576 bits per heavy atom. The lowest BCUT2D eigenvalue weighted by molar-refractivity contribution is 0.574. The first kappa shape index (κ1) is 27.9. The summed E-state index contributed by atoms with van der Waals surface area (Å²) in [5, 5.41) is 5.82. The second kappa shape index (κ2) is 10.9. The zero-order chi connectivity index (χ0) is 24.9. The maximum Gasteiger partial charge on any atom is 0.206 e. The van der Waals surface area contributed by atoms with E-state index in [2.05, 4.69) is 124 Å². The van der Waals surface area contributed by atoms with Gasteiger partial charge in [0.25, 0.3) is 0 Å². The standard InChI is InChI=1S/C26H44N2OSi4/c1-30(2,21-13-19-27)23-15-9-11-17-25(23)32(5,6)29-33(7,8)26-18-12-10-16-24(26)31(3,4)22-14-20-28/h9-18,21-22H,19-20,27-28H2,1-8H3/b21-13-,22-14-. The number of hydrogen-bond acceptors (Lipinski definition) is 3. The van der Waals surface area contributed by atoms with Crippen LogP contribution in [0.1, 0.15) is 0 Å². The molecule has 0 saturated carbocycles. The van der Waals surface area contributed by atoms with Crippen molar-refractivity contribution in [2.24, 2.45) is 11.5 Å². The Labute approximate surface area is 206 Å². The molecule has 0 aromatic heterocycles. The molecule has 0 aliphatic carbocycles. The average molecular weight is 513 g/mol. The maximum absolute atomic E-state index is 7.30. The van der Waals surface area contributed by atoms with Gasteiger partial charge in [0.2, 0.25) is 16.6 Å². The molecule has 0 amide bonds. The highest BCUT2D eigenvalue weighted by Crippen LogP contribution is 2.18. The van der Waals surface area contributed by atoms with E-state index in [1.54, 1.807) is 0 Å². The van der Waals surface area contributed by atoms with E-state index in [9.17, 15) is 0 Å². The first-order valence-electron chi connectivity index (χ1n) is 11.9. The Morgan fingerprint density at radius 3 is 1.18 bits per heavy atom. The fourth-order valence-corrected chi connectivity index (χ4v) is 21.4. The van der Waals surface area contributed by atoms with Crippen LogP contribution in [0.5, 0.6) is 0 Å². The molecule has 0 atom stereocenters. The molecule has 2 rings (SSSR count). The molecule has 0 unspecified atom stereocenters. The molecule has 0 bridgehead atoms. The minimum atomic E-state index is -2.19. The first-order chi connectivity index (χ1) is 15.3. The summed E-state index contributed by atoms with van der Waals surface area (Å²) in [4.78, 5) is 0. The van der Waals surface area contributed by atoms with Gasteiger partial charge in [0, 0.05) is 13.1 Å². The van der Waals surface area contributed by atoms with Gasteiger partial charge in [-0.25, -0.2) is 0 Å². The van der Waals surface area contributed by atoms with Crippen LogP contribution < -0.4 is 32.2 Å². The molecular formula is C26H44N2OSi4. The maximum atomic E-state index is 7.30. The van der Waals surface area contributed by atoms with Gasteiger partial charge in [0.1, 0.15) is 16.1 Å². The summed E-state index contributed by atoms with van der Waals surface area (Å²) in [5.74, 6) is 0. The van der Waals surface area contributed by atoms with Gasteiger partial charge >= 0.3 is 0 Å². The molecule has 0 radical (unpaired) electrons. The zero-order valence-electron chi connectivity index (χ0n) is 21.9. The van der Waals surface area contributed by atoms with Gasteiger partial charge in [-0.05, 0) is 36.6 Å². The molecular weight excluding hydrogens is 469 g/mol. The largest absolute Gasteiger partial charge is 0.449 e. The fraction of sp³-hybridized carbons (Fsp3) is 0.385. The number of rotatable bonds is 10. The van der Waals surface area contributed by atoms with Gasteiger partial charge in [-0.1, -0.05) is 109 Å². The van der Waals surface area contributed by atoms with E-state index in [0.717, 1.165) is 0 Å². The molecule has 0 fully saturated rings. The average Bonchev–Trinajstić information content (AvgIpc) is 2.76. The van der Waals surface area contributed by atoms with Crippen molar-refractivity contribution < 1.29 is 4.12 Å². The third-order valence-electron chi connectivity index (χ3n) is 6.39. The second-order valence-electron chi connectivity index (χ2n) is 10.9. The van der Waals surface area contributed by atoms with Gasteiger partial charge in [-0.3, -0.25) is 0 Å². The van der Waals surface area contributed by atoms with Crippen LogP contribution in [0.4, 0.5) is 0 Å². The third kappa shape index (κ3) is 6.85. The molecule has 2 aromatic carbocycles. The van der Waals surface area contributed by atoms with Gasteiger partial charge in [-0.15, -0.1) is 0 Å². The highest BCUT2D eigenvalue weighted by atomic mass is 28.4. The SMILES string of the molecule is C[Si](C)(/C=C\CN)c1ccccc1[Si](C)(C)O[Si](C)(C)c1ccccc1[Si](C)(C)/C=C\CN. The first-order valence-corrected chi connectivity index (χ1v) is 23.9. The Bertz CT molecular complexity index is 918. The van der Waals surface area contributed by atoms with Crippen LogP contribution in [0.15, 0.2) is 72.1 Å². The normalized spacial score (nSPS) is 13.9. The number of hydrogen-bond donors (Lipinski definition) is 2. The van der Waals surface area contributed by atoms with Crippen molar-refractivity contribution in [3.8, 4) is 0 Å². The van der Waals surface area contributed by atoms with Crippen LogP contribution in [0.2, 0.25) is 52.4 Å². The Balaban J connectivity index is 2.53. The topological polar surface area (TPSA) is 61.3 Å². The summed E-state index contributed by atoms with van der Waals surface area (Å²) < 4.78 is 7.30. The highest BCUT2D eigenvalue weighted by Gasteiger charge is 2.41. The lowest BCUT2D eigenvalue weighted by Gasteiger charge is -2.39. The van der Waals surface area contributed by atoms with Crippen LogP contribution in [-0.4, -0.2) is 45.9 Å². The predicted molar refractivity (Wildman–Crippen MR) is 159 cm³/mol. The van der Waals surface area contributed by atoms with Gasteiger partial charge in [0.15, 0.2) is 0 Å². The quantitative estimate of drug-likeness (QED) is 0.481. The van der Waals surface area contributed by atoms with E-state index in [0.29, 0.717) is 13.1 Å². The minimum absolute atomic E-state index is 0.588. The van der Waals surface area contributed by atoms with E-state index in [4.69, 9.17) is 15.6 Å². The Hall–Kier alpha value is -1.33. The van der Waals surface area contributed by atoms with Gasteiger partial charge < -0.3 is 15.6 Å². The summed E-state index contributed by atoms with van der Waals surface area (Å²) in [6, 6.07) is 17.9. The summed E-state index contributed by atoms with van der Waals surface area (Å²) >= 11 is 0. The van der Waals surface area contributed by atoms with Crippen LogP contribution in [-0.2, 0) is 4.12 Å². The lowest BCUT2D eigenvalue weighted by atomic mass is 10.4. The summed E-state index contributed by atoms with van der Waals surface area (Å²) in [6.07, 6.45) is 4.24.